The molecule has 0 bridgehead atoms. The zero-order valence-electron chi connectivity index (χ0n) is 12.3. The summed E-state index contributed by atoms with van der Waals surface area (Å²) in [6.07, 6.45) is 0. The lowest BCUT2D eigenvalue weighted by molar-refractivity contribution is 0.0593. The molecule has 0 amide bonds. The summed E-state index contributed by atoms with van der Waals surface area (Å²) >= 11 is 0. The Balaban J connectivity index is 2.97. The molecule has 1 N–H and O–H groups in total. The predicted octanol–water partition coefficient (Wildman–Crippen LogP) is 3.49. The van der Waals surface area contributed by atoms with Crippen molar-refractivity contribution in [3.63, 3.8) is 0 Å². The van der Waals surface area contributed by atoms with Crippen LogP contribution in [0.1, 0.15) is 36.8 Å². The zero-order chi connectivity index (χ0) is 14.1. The zero-order valence-corrected chi connectivity index (χ0v) is 13.3. The van der Waals surface area contributed by atoms with Crippen LogP contribution in [0.4, 0.5) is 0 Å². The first kappa shape index (κ1) is 14.8. The number of carbonyl (C=O) groups excluding carboxylic acids is 1. The molecule has 4 nitrogen and oxygen atoms in total. The minimum Gasteiger partial charge on any atom is -0.532 e. The van der Waals surface area contributed by atoms with Crippen molar-refractivity contribution >= 4 is 14.3 Å². The first-order chi connectivity index (χ1) is 8.08. The van der Waals surface area contributed by atoms with E-state index in [9.17, 15) is 4.79 Å². The van der Waals surface area contributed by atoms with Gasteiger partial charge in [-0.2, -0.15) is 0 Å². The van der Waals surface area contributed by atoms with Crippen molar-refractivity contribution in [2.45, 2.75) is 45.8 Å². The summed E-state index contributed by atoms with van der Waals surface area (Å²) in [7, 11) is -0.512. The summed E-state index contributed by atoms with van der Waals surface area (Å²) in [5, 5.41) is 0.122. The van der Waals surface area contributed by atoms with E-state index in [2.05, 4.69) is 38.8 Å². The van der Waals surface area contributed by atoms with E-state index in [4.69, 9.17) is 9.16 Å². The first-order valence-corrected chi connectivity index (χ1v) is 8.96. The van der Waals surface area contributed by atoms with Crippen LogP contribution in [0.3, 0.4) is 0 Å². The molecule has 18 heavy (non-hydrogen) atoms. The molecule has 0 spiro atoms. The molecule has 0 aliphatic rings. The van der Waals surface area contributed by atoms with Crippen molar-refractivity contribution in [1.29, 1.82) is 0 Å². The average Bonchev–Trinajstić information content (AvgIpc) is 2.55. The largest absolute Gasteiger partial charge is 0.532 e. The van der Waals surface area contributed by atoms with E-state index in [0.29, 0.717) is 11.6 Å². The van der Waals surface area contributed by atoms with Gasteiger partial charge in [0, 0.05) is 6.07 Å². The van der Waals surface area contributed by atoms with Gasteiger partial charge in [-0.15, -0.1) is 0 Å². The van der Waals surface area contributed by atoms with Crippen molar-refractivity contribution in [3.8, 4) is 5.88 Å². The van der Waals surface area contributed by atoms with Crippen LogP contribution in [0.5, 0.6) is 5.88 Å². The summed E-state index contributed by atoms with van der Waals surface area (Å²) in [6, 6.07) is 1.85. The van der Waals surface area contributed by atoms with Crippen molar-refractivity contribution in [1.82, 2.24) is 4.98 Å². The van der Waals surface area contributed by atoms with Gasteiger partial charge in [0.15, 0.2) is 5.88 Å². The van der Waals surface area contributed by atoms with Crippen LogP contribution in [0.2, 0.25) is 18.1 Å². The van der Waals surface area contributed by atoms with Crippen molar-refractivity contribution in [2.24, 2.45) is 0 Å². The number of ether oxygens (including phenoxy) is 1. The molecular formula is C13H23NO3Si. The molecule has 0 fully saturated rings. The van der Waals surface area contributed by atoms with E-state index in [1.54, 1.807) is 0 Å². The second kappa shape index (κ2) is 4.80. The van der Waals surface area contributed by atoms with Gasteiger partial charge >= 0.3 is 5.97 Å². The molecule has 1 aromatic heterocycles. The normalized spacial score (nSPS) is 12.4. The van der Waals surface area contributed by atoms with Crippen LogP contribution in [0.25, 0.3) is 0 Å². The topological polar surface area (TPSA) is 51.3 Å². The monoisotopic (exact) mass is 269 g/mol. The number of aryl methyl sites for hydroxylation is 1. The quantitative estimate of drug-likeness (QED) is 0.675. The number of rotatable bonds is 3. The van der Waals surface area contributed by atoms with E-state index in [0.717, 1.165) is 5.56 Å². The lowest BCUT2D eigenvalue weighted by atomic mass is 10.2. The Hall–Kier alpha value is -1.23. The van der Waals surface area contributed by atoms with Crippen LogP contribution in [0, 0.1) is 6.92 Å². The Morgan fingerprint density at radius 1 is 1.33 bits per heavy atom. The number of esters is 1. The molecule has 0 aliphatic heterocycles. The highest BCUT2D eigenvalue weighted by molar-refractivity contribution is 6.74. The fourth-order valence-corrected chi connectivity index (χ4v) is 2.29. The van der Waals surface area contributed by atoms with Crippen LogP contribution in [0.15, 0.2) is 6.07 Å². The second-order valence-electron chi connectivity index (χ2n) is 6.05. The van der Waals surface area contributed by atoms with Crippen molar-refractivity contribution < 1.29 is 14.0 Å². The van der Waals surface area contributed by atoms with Crippen LogP contribution in [-0.4, -0.2) is 26.4 Å². The molecule has 0 aromatic carbocycles. The number of aromatic amines is 1. The summed E-state index contributed by atoms with van der Waals surface area (Å²) in [6.45, 7) is 12.7. The van der Waals surface area contributed by atoms with Gasteiger partial charge in [-0.05, 0) is 30.6 Å². The van der Waals surface area contributed by atoms with E-state index >= 15 is 0 Å². The molecule has 102 valence electrons. The SMILES string of the molecule is COC(=O)c1[nH]c(O[Si](C)(C)C(C)(C)C)cc1C. The predicted molar refractivity (Wildman–Crippen MR) is 74.7 cm³/mol. The molecule has 0 aliphatic carbocycles. The molecule has 0 unspecified atom stereocenters. The van der Waals surface area contributed by atoms with Gasteiger partial charge in [-0.3, -0.25) is 0 Å². The highest BCUT2D eigenvalue weighted by Gasteiger charge is 2.39. The smallest absolute Gasteiger partial charge is 0.354 e. The standard InChI is InChI=1S/C13H23NO3Si/c1-9-8-10(14-11(9)12(15)16-5)17-18(6,7)13(2,3)4/h8,14H,1-7H3. The molecule has 1 aromatic rings. The maximum atomic E-state index is 11.5. The van der Waals surface area contributed by atoms with Gasteiger partial charge in [-0.25, -0.2) is 4.79 Å². The first-order valence-electron chi connectivity index (χ1n) is 6.05. The number of aromatic nitrogens is 1. The molecule has 0 atom stereocenters. The summed E-state index contributed by atoms with van der Waals surface area (Å²) in [5.74, 6) is 0.289. The third-order valence-electron chi connectivity index (χ3n) is 3.55. The highest BCUT2D eigenvalue weighted by Crippen LogP contribution is 2.37. The summed E-state index contributed by atoms with van der Waals surface area (Å²) in [4.78, 5) is 14.5. The Bertz CT molecular complexity index is 444. The lowest BCUT2D eigenvalue weighted by Crippen LogP contribution is -2.43. The van der Waals surface area contributed by atoms with Gasteiger partial charge in [-0.1, -0.05) is 20.8 Å². The minimum absolute atomic E-state index is 0.122. The number of hydrogen-bond acceptors (Lipinski definition) is 3. The van der Waals surface area contributed by atoms with Gasteiger partial charge in [0.25, 0.3) is 8.32 Å². The third kappa shape index (κ3) is 2.96. The number of methoxy groups -OCH3 is 1. The van der Waals surface area contributed by atoms with Gasteiger partial charge < -0.3 is 14.1 Å². The highest BCUT2D eigenvalue weighted by atomic mass is 28.4. The fourth-order valence-electron chi connectivity index (χ4n) is 1.32. The van der Waals surface area contributed by atoms with Gasteiger partial charge in [0.05, 0.1) is 7.11 Å². The Kier molecular flexibility index (Phi) is 3.95. The molecule has 1 rings (SSSR count). The Morgan fingerprint density at radius 2 is 1.89 bits per heavy atom. The lowest BCUT2D eigenvalue weighted by Gasteiger charge is -2.35. The van der Waals surface area contributed by atoms with Crippen LogP contribution >= 0.6 is 0 Å². The Morgan fingerprint density at radius 3 is 2.33 bits per heavy atom. The number of carbonyl (C=O) groups is 1. The second-order valence-corrected chi connectivity index (χ2v) is 10.8. The molecule has 1 heterocycles. The average molecular weight is 269 g/mol. The van der Waals surface area contributed by atoms with E-state index in [-0.39, 0.29) is 11.0 Å². The third-order valence-corrected chi connectivity index (χ3v) is 7.89. The van der Waals surface area contributed by atoms with Gasteiger partial charge in [0.2, 0.25) is 0 Å². The fraction of sp³-hybridized carbons (Fsp3) is 0.615. The maximum absolute atomic E-state index is 11.5. The van der Waals surface area contributed by atoms with Crippen molar-refractivity contribution in [2.75, 3.05) is 7.11 Å². The Labute approximate surface area is 110 Å². The maximum Gasteiger partial charge on any atom is 0.354 e. The number of nitrogens with one attached hydrogen (secondary N) is 1. The van der Waals surface area contributed by atoms with Crippen LogP contribution < -0.4 is 4.43 Å². The minimum atomic E-state index is -1.88. The number of H-pyrrole nitrogens is 1. The molecule has 5 heteroatoms. The van der Waals surface area contributed by atoms with Gasteiger partial charge in [0.1, 0.15) is 5.69 Å². The van der Waals surface area contributed by atoms with E-state index < -0.39 is 8.32 Å². The molecule has 0 radical (unpaired) electrons. The van der Waals surface area contributed by atoms with Crippen LogP contribution in [-0.2, 0) is 4.74 Å². The van der Waals surface area contributed by atoms with Crippen molar-refractivity contribution in [3.05, 3.63) is 17.3 Å². The summed E-state index contributed by atoms with van der Waals surface area (Å²) in [5.41, 5.74) is 1.31. The van der Waals surface area contributed by atoms with E-state index in [1.165, 1.54) is 7.11 Å². The molecular weight excluding hydrogens is 246 g/mol. The number of hydrogen-bond donors (Lipinski definition) is 1. The summed E-state index contributed by atoms with van der Waals surface area (Å²) < 4.78 is 10.8. The van der Waals surface area contributed by atoms with E-state index in [1.807, 2.05) is 13.0 Å². The molecule has 0 saturated carbocycles. The molecule has 0 saturated heterocycles.